The summed E-state index contributed by atoms with van der Waals surface area (Å²) in [6, 6.07) is 0. The molecule has 0 bridgehead atoms. The Hall–Kier alpha value is -0.200. The van der Waals surface area contributed by atoms with Gasteiger partial charge in [-0.25, -0.2) is 0 Å². The highest BCUT2D eigenvalue weighted by Gasteiger charge is 2.58. The summed E-state index contributed by atoms with van der Waals surface area (Å²) in [6.07, 6.45) is 3.11. The predicted octanol–water partition coefficient (Wildman–Crippen LogP) is 3.20. The van der Waals surface area contributed by atoms with Gasteiger partial charge < -0.3 is 19.4 Å². The molecule has 1 N–H and O–H groups in total. The Balaban J connectivity index is 2.22. The van der Waals surface area contributed by atoms with Crippen LogP contribution in [0, 0.1) is 5.41 Å². The van der Waals surface area contributed by atoms with Gasteiger partial charge in [-0.05, 0) is 26.7 Å². The van der Waals surface area contributed by atoms with E-state index in [-0.39, 0.29) is 16.5 Å². The third-order valence-electron chi connectivity index (χ3n) is 5.50. The summed E-state index contributed by atoms with van der Waals surface area (Å²) in [5.74, 6) is -0.595. The Kier molecular flexibility index (Phi) is 4.97. The van der Waals surface area contributed by atoms with Crippen LogP contribution in [0.3, 0.4) is 0 Å². The van der Waals surface area contributed by atoms with Crippen LogP contribution in [-0.2, 0) is 14.2 Å². The van der Waals surface area contributed by atoms with E-state index in [9.17, 15) is 5.21 Å². The second-order valence-electron chi connectivity index (χ2n) is 8.14. The minimum Gasteiger partial charge on any atom is -0.384 e. The van der Waals surface area contributed by atoms with Crippen molar-refractivity contribution in [1.82, 2.24) is 5.06 Å². The van der Waals surface area contributed by atoms with Gasteiger partial charge in [0.25, 0.3) is 0 Å². The third kappa shape index (κ3) is 3.06. The molecular weight excluding hydrogens is 282 g/mol. The summed E-state index contributed by atoms with van der Waals surface area (Å²) < 4.78 is 17.8. The summed E-state index contributed by atoms with van der Waals surface area (Å²) in [5.41, 5.74) is -0.766. The average molecular weight is 315 g/mol. The maximum atomic E-state index is 10.8. The van der Waals surface area contributed by atoms with E-state index in [1.165, 1.54) is 0 Å². The van der Waals surface area contributed by atoms with Gasteiger partial charge in [-0.1, -0.05) is 20.8 Å². The van der Waals surface area contributed by atoms with Crippen molar-refractivity contribution in [2.24, 2.45) is 5.41 Å². The van der Waals surface area contributed by atoms with E-state index >= 15 is 0 Å². The molecule has 2 saturated heterocycles. The van der Waals surface area contributed by atoms with Gasteiger partial charge in [0.15, 0.2) is 5.79 Å². The van der Waals surface area contributed by atoms with Gasteiger partial charge in [-0.15, -0.1) is 0 Å². The highest BCUT2D eigenvalue weighted by Crippen LogP contribution is 2.50. The molecule has 5 nitrogen and oxygen atoms in total. The molecule has 0 amide bonds. The van der Waals surface area contributed by atoms with E-state index in [2.05, 4.69) is 34.6 Å². The fourth-order valence-electron chi connectivity index (χ4n) is 4.15. The van der Waals surface area contributed by atoms with Crippen LogP contribution < -0.4 is 0 Å². The molecule has 0 radical (unpaired) electrons. The number of ether oxygens (including phenoxy) is 3. The number of nitrogens with zero attached hydrogens (tertiary/aromatic N) is 1. The number of hydrogen-bond acceptors (Lipinski definition) is 5. The van der Waals surface area contributed by atoms with Crippen LogP contribution in [-0.4, -0.2) is 54.1 Å². The van der Waals surface area contributed by atoms with Crippen LogP contribution in [0.1, 0.15) is 60.3 Å². The lowest BCUT2D eigenvalue weighted by Crippen LogP contribution is -2.69. The van der Waals surface area contributed by atoms with E-state index < -0.39 is 5.79 Å². The SMILES string of the molecule is CCC1(CC)CC2(CC(C)(C)N1O)OCC(C)(COC)CO2. The minimum absolute atomic E-state index is 0.0957. The molecule has 130 valence electrons. The number of rotatable bonds is 4. The van der Waals surface area contributed by atoms with Crippen LogP contribution in [0.5, 0.6) is 0 Å². The van der Waals surface area contributed by atoms with Crippen molar-refractivity contribution >= 4 is 0 Å². The van der Waals surface area contributed by atoms with Crippen LogP contribution in [0.25, 0.3) is 0 Å². The first-order valence-corrected chi connectivity index (χ1v) is 8.43. The van der Waals surface area contributed by atoms with Crippen LogP contribution >= 0.6 is 0 Å². The lowest BCUT2D eigenvalue weighted by molar-refractivity contribution is -0.378. The average Bonchev–Trinajstić information content (AvgIpc) is 2.47. The summed E-state index contributed by atoms with van der Waals surface area (Å²) in [5, 5.41) is 12.3. The normalized spacial score (nSPS) is 38.3. The first kappa shape index (κ1) is 18.1. The molecule has 5 heteroatoms. The molecule has 0 aliphatic carbocycles. The highest BCUT2D eigenvalue weighted by molar-refractivity contribution is 5.05. The lowest BCUT2D eigenvalue weighted by atomic mass is 9.73. The zero-order valence-electron chi connectivity index (χ0n) is 15.1. The van der Waals surface area contributed by atoms with Crippen molar-refractivity contribution < 1.29 is 19.4 Å². The Morgan fingerprint density at radius 3 is 2.05 bits per heavy atom. The second-order valence-corrected chi connectivity index (χ2v) is 8.14. The van der Waals surface area contributed by atoms with Crippen molar-refractivity contribution in [1.29, 1.82) is 0 Å². The molecule has 0 aromatic heterocycles. The molecule has 2 aliphatic heterocycles. The molecule has 0 aromatic rings. The Morgan fingerprint density at radius 1 is 1.05 bits per heavy atom. The molecule has 0 saturated carbocycles. The van der Waals surface area contributed by atoms with Gasteiger partial charge in [0.05, 0.1) is 25.4 Å². The third-order valence-corrected chi connectivity index (χ3v) is 5.50. The number of piperidine rings is 1. The lowest BCUT2D eigenvalue weighted by Gasteiger charge is -2.59. The van der Waals surface area contributed by atoms with Gasteiger partial charge in [-0.3, -0.25) is 0 Å². The molecule has 22 heavy (non-hydrogen) atoms. The quantitative estimate of drug-likeness (QED) is 0.863. The van der Waals surface area contributed by atoms with Gasteiger partial charge in [0.2, 0.25) is 0 Å². The zero-order valence-corrected chi connectivity index (χ0v) is 15.1. The van der Waals surface area contributed by atoms with Crippen molar-refractivity contribution in [3.63, 3.8) is 0 Å². The van der Waals surface area contributed by atoms with Gasteiger partial charge in [0.1, 0.15) is 0 Å². The van der Waals surface area contributed by atoms with E-state index in [1.54, 1.807) is 12.2 Å². The monoisotopic (exact) mass is 315 g/mol. The molecule has 1 spiro atoms. The molecule has 2 fully saturated rings. The Morgan fingerprint density at radius 2 is 1.59 bits per heavy atom. The summed E-state index contributed by atoms with van der Waals surface area (Å²) in [7, 11) is 1.71. The van der Waals surface area contributed by atoms with Crippen molar-refractivity contribution in [2.75, 3.05) is 26.9 Å². The highest BCUT2D eigenvalue weighted by atomic mass is 16.7. The second kappa shape index (κ2) is 6.02. The fraction of sp³-hybridized carbons (Fsp3) is 1.00. The number of hydroxylamine groups is 2. The molecule has 2 rings (SSSR count). The van der Waals surface area contributed by atoms with Crippen LogP contribution in [0.4, 0.5) is 0 Å². The Bertz CT molecular complexity index is 384. The largest absolute Gasteiger partial charge is 0.384 e. The van der Waals surface area contributed by atoms with E-state index in [1.807, 2.05) is 0 Å². The zero-order chi connectivity index (χ0) is 16.6. The molecule has 0 unspecified atom stereocenters. The molecule has 0 atom stereocenters. The van der Waals surface area contributed by atoms with Crippen molar-refractivity contribution in [3.8, 4) is 0 Å². The summed E-state index contributed by atoms with van der Waals surface area (Å²) in [6.45, 7) is 12.4. The minimum atomic E-state index is -0.595. The predicted molar refractivity (Wildman–Crippen MR) is 84.9 cm³/mol. The van der Waals surface area contributed by atoms with Gasteiger partial charge in [-0.2, -0.15) is 5.06 Å². The Labute approximate surface area is 134 Å². The van der Waals surface area contributed by atoms with Crippen LogP contribution in [0.15, 0.2) is 0 Å². The molecule has 2 heterocycles. The van der Waals surface area contributed by atoms with Crippen molar-refractivity contribution in [2.45, 2.75) is 77.2 Å². The van der Waals surface area contributed by atoms with E-state index in [0.29, 0.717) is 32.7 Å². The maximum Gasteiger partial charge on any atom is 0.172 e. The molecule has 0 aromatic carbocycles. The number of methoxy groups -OCH3 is 1. The number of hydrogen-bond donors (Lipinski definition) is 1. The smallest absolute Gasteiger partial charge is 0.172 e. The first-order chi connectivity index (χ1) is 10.2. The fourth-order valence-corrected chi connectivity index (χ4v) is 4.15. The van der Waals surface area contributed by atoms with Gasteiger partial charge >= 0.3 is 0 Å². The van der Waals surface area contributed by atoms with Crippen LogP contribution in [0.2, 0.25) is 0 Å². The topological polar surface area (TPSA) is 51.2 Å². The molecular formula is C17H33NO4. The summed E-state index contributed by atoms with van der Waals surface area (Å²) >= 11 is 0. The van der Waals surface area contributed by atoms with E-state index in [4.69, 9.17) is 14.2 Å². The summed E-state index contributed by atoms with van der Waals surface area (Å²) in [4.78, 5) is 0. The maximum absolute atomic E-state index is 10.8. The standard InChI is InChI=1S/C17H33NO4/c1-7-16(8-2)10-17(9-14(3,4)18(16)19)21-12-15(5,11-20-6)13-22-17/h19H,7-13H2,1-6H3. The first-order valence-electron chi connectivity index (χ1n) is 8.43. The van der Waals surface area contributed by atoms with Gasteiger partial charge in [0, 0.05) is 30.9 Å². The van der Waals surface area contributed by atoms with E-state index in [0.717, 1.165) is 12.8 Å². The van der Waals surface area contributed by atoms with Crippen molar-refractivity contribution in [3.05, 3.63) is 0 Å². The molecule has 2 aliphatic rings.